The number of carbonyl (C=O) groups excluding carboxylic acids is 1. The van der Waals surface area contributed by atoms with E-state index < -0.39 is 0 Å². The molecule has 2 aromatic heterocycles. The lowest BCUT2D eigenvalue weighted by atomic mass is 10.2. The molecule has 0 fully saturated rings. The molecule has 0 aliphatic carbocycles. The van der Waals surface area contributed by atoms with Crippen LogP contribution in [0.2, 0.25) is 0 Å². The van der Waals surface area contributed by atoms with E-state index in [9.17, 15) is 4.79 Å². The number of rotatable bonds is 5. The van der Waals surface area contributed by atoms with Crippen LogP contribution in [0.1, 0.15) is 42.5 Å². The Morgan fingerprint density at radius 3 is 2.77 bits per heavy atom. The van der Waals surface area contributed by atoms with Gasteiger partial charge in [-0.05, 0) is 32.4 Å². The molecule has 0 saturated heterocycles. The molecule has 118 valence electrons. The van der Waals surface area contributed by atoms with Gasteiger partial charge < -0.3 is 10.2 Å². The first-order valence-corrected chi connectivity index (χ1v) is 7.30. The predicted molar refractivity (Wildman–Crippen MR) is 86.3 cm³/mol. The zero-order valence-electron chi connectivity index (χ0n) is 13.7. The van der Waals surface area contributed by atoms with E-state index in [2.05, 4.69) is 27.5 Å². The lowest BCUT2D eigenvalue weighted by molar-refractivity contribution is 0.101. The van der Waals surface area contributed by atoms with Crippen molar-refractivity contribution in [2.24, 2.45) is 0 Å². The van der Waals surface area contributed by atoms with Crippen LogP contribution in [0, 0.1) is 6.92 Å². The molecule has 1 amide bonds. The van der Waals surface area contributed by atoms with Crippen LogP contribution in [0.4, 0.5) is 11.5 Å². The SMILES string of the molecule is CCC(C)n1nccc1C(=O)Nc1cc(C)nnc1N(C)C. The standard InChI is InChI=1S/C15H22N6O/c1-6-11(3)21-13(7-8-16-21)15(22)17-12-9-10(2)18-19-14(12)20(4)5/h7-9,11H,6H2,1-5H3,(H,17,18,22). The smallest absolute Gasteiger partial charge is 0.274 e. The first-order valence-electron chi connectivity index (χ1n) is 7.30. The molecular weight excluding hydrogens is 280 g/mol. The summed E-state index contributed by atoms with van der Waals surface area (Å²) < 4.78 is 1.74. The normalized spacial score (nSPS) is 12.0. The highest BCUT2D eigenvalue weighted by Crippen LogP contribution is 2.22. The summed E-state index contributed by atoms with van der Waals surface area (Å²) in [4.78, 5) is 14.4. The number of aryl methyl sites for hydroxylation is 1. The Balaban J connectivity index is 2.30. The lowest BCUT2D eigenvalue weighted by Gasteiger charge is -2.17. The molecule has 0 aliphatic heterocycles. The van der Waals surface area contributed by atoms with Crippen LogP contribution in [-0.4, -0.2) is 40.0 Å². The number of nitrogens with zero attached hydrogens (tertiary/aromatic N) is 5. The summed E-state index contributed by atoms with van der Waals surface area (Å²) in [6, 6.07) is 3.70. The first kappa shape index (κ1) is 15.9. The van der Waals surface area contributed by atoms with Crippen molar-refractivity contribution in [3.8, 4) is 0 Å². The van der Waals surface area contributed by atoms with Gasteiger partial charge in [-0.25, -0.2) is 0 Å². The van der Waals surface area contributed by atoms with Gasteiger partial charge in [0.05, 0.1) is 11.4 Å². The summed E-state index contributed by atoms with van der Waals surface area (Å²) in [5.41, 5.74) is 1.92. The minimum absolute atomic E-state index is 0.168. The highest BCUT2D eigenvalue weighted by atomic mass is 16.2. The Hall–Kier alpha value is -2.44. The molecular formula is C15H22N6O. The number of nitrogens with one attached hydrogen (secondary N) is 1. The Morgan fingerprint density at radius 1 is 1.41 bits per heavy atom. The fraction of sp³-hybridized carbons (Fsp3) is 0.467. The molecule has 0 aliphatic rings. The number of hydrogen-bond donors (Lipinski definition) is 1. The predicted octanol–water partition coefficient (Wildman–Crippen LogP) is 2.27. The van der Waals surface area contributed by atoms with E-state index in [1.165, 1.54) is 0 Å². The van der Waals surface area contributed by atoms with Gasteiger partial charge in [0.15, 0.2) is 5.82 Å². The van der Waals surface area contributed by atoms with Crippen molar-refractivity contribution in [1.29, 1.82) is 0 Å². The monoisotopic (exact) mass is 302 g/mol. The van der Waals surface area contributed by atoms with Gasteiger partial charge in [-0.2, -0.15) is 10.2 Å². The Labute approximate surface area is 130 Å². The van der Waals surface area contributed by atoms with E-state index in [4.69, 9.17) is 0 Å². The average molecular weight is 302 g/mol. The van der Waals surface area contributed by atoms with Crippen LogP contribution in [0.5, 0.6) is 0 Å². The summed E-state index contributed by atoms with van der Waals surface area (Å²) in [5.74, 6) is 0.418. The van der Waals surface area contributed by atoms with Crippen LogP contribution in [0.15, 0.2) is 18.3 Å². The van der Waals surface area contributed by atoms with E-state index in [0.29, 0.717) is 17.2 Å². The third-order valence-electron chi connectivity index (χ3n) is 3.48. The highest BCUT2D eigenvalue weighted by molar-refractivity contribution is 6.04. The maximum atomic E-state index is 12.6. The van der Waals surface area contributed by atoms with Crippen molar-refractivity contribution < 1.29 is 4.79 Å². The quantitative estimate of drug-likeness (QED) is 0.917. The van der Waals surface area contributed by atoms with E-state index in [0.717, 1.165) is 12.1 Å². The molecule has 1 N–H and O–H groups in total. The van der Waals surface area contributed by atoms with Gasteiger partial charge in [0, 0.05) is 26.3 Å². The van der Waals surface area contributed by atoms with E-state index >= 15 is 0 Å². The topological polar surface area (TPSA) is 75.9 Å². The van der Waals surface area contributed by atoms with Gasteiger partial charge in [-0.15, -0.1) is 5.10 Å². The molecule has 2 rings (SSSR count). The van der Waals surface area contributed by atoms with Crippen LogP contribution >= 0.6 is 0 Å². The van der Waals surface area contributed by atoms with Crippen LogP contribution in [0.25, 0.3) is 0 Å². The highest BCUT2D eigenvalue weighted by Gasteiger charge is 2.18. The van der Waals surface area contributed by atoms with Gasteiger partial charge in [0.2, 0.25) is 0 Å². The minimum atomic E-state index is -0.201. The van der Waals surface area contributed by atoms with Crippen molar-refractivity contribution >= 4 is 17.4 Å². The summed E-state index contributed by atoms with van der Waals surface area (Å²) in [6.45, 7) is 5.94. The molecule has 7 nitrogen and oxygen atoms in total. The molecule has 0 bridgehead atoms. The van der Waals surface area contributed by atoms with E-state index in [-0.39, 0.29) is 11.9 Å². The van der Waals surface area contributed by atoms with Crippen molar-refractivity contribution in [1.82, 2.24) is 20.0 Å². The lowest BCUT2D eigenvalue weighted by Crippen LogP contribution is -2.22. The maximum absolute atomic E-state index is 12.6. The average Bonchev–Trinajstić information content (AvgIpc) is 2.95. The summed E-state index contributed by atoms with van der Waals surface area (Å²) in [5, 5.41) is 15.3. The Kier molecular flexibility index (Phi) is 4.75. The molecule has 0 spiro atoms. The third kappa shape index (κ3) is 3.24. The second kappa shape index (κ2) is 6.55. The molecule has 22 heavy (non-hydrogen) atoms. The van der Waals surface area contributed by atoms with E-state index in [1.54, 1.807) is 16.9 Å². The Bertz CT molecular complexity index is 664. The maximum Gasteiger partial charge on any atom is 0.274 e. The number of carbonyl (C=O) groups is 1. The second-order valence-corrected chi connectivity index (χ2v) is 5.49. The zero-order chi connectivity index (χ0) is 16.3. The van der Waals surface area contributed by atoms with Gasteiger partial charge in [0.25, 0.3) is 5.91 Å². The van der Waals surface area contributed by atoms with Crippen molar-refractivity contribution in [3.05, 3.63) is 29.7 Å². The number of aromatic nitrogens is 4. The van der Waals surface area contributed by atoms with Gasteiger partial charge in [0.1, 0.15) is 5.69 Å². The first-order chi connectivity index (χ1) is 10.4. The molecule has 0 aromatic carbocycles. The van der Waals surface area contributed by atoms with Crippen LogP contribution in [-0.2, 0) is 0 Å². The summed E-state index contributed by atoms with van der Waals surface area (Å²) >= 11 is 0. The molecule has 0 radical (unpaired) electrons. The zero-order valence-corrected chi connectivity index (χ0v) is 13.7. The van der Waals surface area contributed by atoms with Gasteiger partial charge >= 0.3 is 0 Å². The fourth-order valence-corrected chi connectivity index (χ4v) is 2.11. The van der Waals surface area contributed by atoms with Gasteiger partial charge in [-0.3, -0.25) is 9.48 Å². The van der Waals surface area contributed by atoms with Crippen molar-refractivity contribution in [3.63, 3.8) is 0 Å². The number of amides is 1. The molecule has 0 saturated carbocycles. The molecule has 2 heterocycles. The second-order valence-electron chi connectivity index (χ2n) is 5.49. The Morgan fingerprint density at radius 2 is 2.14 bits per heavy atom. The summed E-state index contributed by atoms with van der Waals surface area (Å²) in [7, 11) is 3.72. The summed E-state index contributed by atoms with van der Waals surface area (Å²) in [6.07, 6.45) is 2.55. The van der Waals surface area contributed by atoms with Crippen molar-refractivity contribution in [2.45, 2.75) is 33.2 Å². The number of hydrogen-bond acceptors (Lipinski definition) is 5. The van der Waals surface area contributed by atoms with Crippen LogP contribution < -0.4 is 10.2 Å². The molecule has 7 heteroatoms. The molecule has 1 atom stereocenters. The largest absolute Gasteiger partial charge is 0.360 e. The van der Waals surface area contributed by atoms with Gasteiger partial charge in [-0.1, -0.05) is 6.92 Å². The van der Waals surface area contributed by atoms with Crippen LogP contribution in [0.3, 0.4) is 0 Å². The number of anilines is 2. The molecule has 2 aromatic rings. The van der Waals surface area contributed by atoms with Crippen molar-refractivity contribution in [2.75, 3.05) is 24.3 Å². The minimum Gasteiger partial charge on any atom is -0.360 e. The fourth-order valence-electron chi connectivity index (χ4n) is 2.11. The van der Waals surface area contributed by atoms with E-state index in [1.807, 2.05) is 38.9 Å². The third-order valence-corrected chi connectivity index (χ3v) is 3.48. The molecule has 1 unspecified atom stereocenters.